The van der Waals surface area contributed by atoms with Crippen LogP contribution in [0.4, 0.5) is 4.39 Å². The lowest BCUT2D eigenvalue weighted by Gasteiger charge is -2.16. The minimum absolute atomic E-state index is 0.102. The Labute approximate surface area is 93.3 Å². The largest absolute Gasteiger partial charge is 0.480 e. The van der Waals surface area contributed by atoms with Crippen molar-refractivity contribution in [1.82, 2.24) is 5.32 Å². The van der Waals surface area contributed by atoms with Crippen LogP contribution in [0.5, 0.6) is 0 Å². The molecule has 2 atom stereocenters. The summed E-state index contributed by atoms with van der Waals surface area (Å²) in [5.74, 6) is -1.39. The average molecular weight is 226 g/mol. The number of nitrogens with one attached hydrogen (secondary N) is 1. The second kappa shape index (κ2) is 5.58. The molecule has 0 fully saturated rings. The van der Waals surface area contributed by atoms with Crippen molar-refractivity contribution in [3.63, 3.8) is 0 Å². The van der Waals surface area contributed by atoms with Crippen LogP contribution in [0.1, 0.15) is 18.5 Å². The van der Waals surface area contributed by atoms with Gasteiger partial charge in [-0.15, -0.1) is 0 Å². The zero-order valence-electron chi connectivity index (χ0n) is 8.98. The van der Waals surface area contributed by atoms with Crippen molar-refractivity contribution in [2.24, 2.45) is 5.73 Å². The van der Waals surface area contributed by atoms with E-state index >= 15 is 0 Å². The van der Waals surface area contributed by atoms with Crippen molar-refractivity contribution < 1.29 is 14.3 Å². The maximum atomic E-state index is 13.3. The fourth-order valence-electron chi connectivity index (χ4n) is 1.33. The molecule has 0 heterocycles. The Morgan fingerprint density at radius 3 is 2.75 bits per heavy atom. The third-order valence-corrected chi connectivity index (χ3v) is 2.33. The van der Waals surface area contributed by atoms with Crippen LogP contribution in [0.3, 0.4) is 0 Å². The molecule has 0 amide bonds. The minimum Gasteiger partial charge on any atom is -0.480 e. The fraction of sp³-hybridized carbons (Fsp3) is 0.364. The van der Waals surface area contributed by atoms with Gasteiger partial charge in [-0.25, -0.2) is 4.39 Å². The maximum absolute atomic E-state index is 13.3. The van der Waals surface area contributed by atoms with Crippen LogP contribution in [0, 0.1) is 5.82 Å². The molecule has 1 aromatic rings. The van der Waals surface area contributed by atoms with E-state index in [9.17, 15) is 9.18 Å². The summed E-state index contributed by atoms with van der Waals surface area (Å²) in [7, 11) is 0. The normalized spacial score (nSPS) is 14.4. The van der Waals surface area contributed by atoms with Gasteiger partial charge in [-0.3, -0.25) is 4.79 Å². The molecule has 16 heavy (non-hydrogen) atoms. The van der Waals surface area contributed by atoms with Crippen LogP contribution >= 0.6 is 0 Å². The molecule has 0 aliphatic rings. The molecule has 4 N–H and O–H groups in total. The molecular formula is C11H15FN2O2. The third-order valence-electron chi connectivity index (χ3n) is 2.33. The topological polar surface area (TPSA) is 75.3 Å². The van der Waals surface area contributed by atoms with E-state index in [-0.39, 0.29) is 18.4 Å². The quantitative estimate of drug-likeness (QED) is 0.697. The summed E-state index contributed by atoms with van der Waals surface area (Å²) in [6.07, 6.45) is 0. The summed E-state index contributed by atoms with van der Waals surface area (Å²) in [6, 6.07) is 5.10. The predicted octanol–water partition coefficient (Wildman–Crippen LogP) is 0.888. The van der Waals surface area contributed by atoms with Gasteiger partial charge in [-0.1, -0.05) is 18.2 Å². The van der Waals surface area contributed by atoms with Crippen molar-refractivity contribution in [1.29, 1.82) is 0 Å². The molecule has 0 saturated carbocycles. The predicted molar refractivity (Wildman–Crippen MR) is 58.4 cm³/mol. The van der Waals surface area contributed by atoms with Crippen LogP contribution in [0.25, 0.3) is 0 Å². The van der Waals surface area contributed by atoms with Gasteiger partial charge in [0.05, 0.1) is 0 Å². The molecule has 0 radical (unpaired) electrons. The Hall–Kier alpha value is -1.46. The molecule has 0 spiro atoms. The molecule has 0 aromatic heterocycles. The highest BCUT2D eigenvalue weighted by molar-refractivity contribution is 5.73. The Morgan fingerprint density at radius 1 is 1.56 bits per heavy atom. The summed E-state index contributed by atoms with van der Waals surface area (Å²) in [5.41, 5.74) is 5.83. The van der Waals surface area contributed by atoms with Crippen LogP contribution in [-0.2, 0) is 4.79 Å². The molecule has 5 heteroatoms. The number of benzene rings is 1. The zero-order valence-corrected chi connectivity index (χ0v) is 8.98. The van der Waals surface area contributed by atoms with E-state index in [2.05, 4.69) is 5.32 Å². The van der Waals surface area contributed by atoms with Crippen molar-refractivity contribution in [3.05, 3.63) is 35.6 Å². The van der Waals surface area contributed by atoms with E-state index in [1.807, 2.05) is 0 Å². The first kappa shape index (κ1) is 12.6. The van der Waals surface area contributed by atoms with Gasteiger partial charge in [0.1, 0.15) is 11.9 Å². The van der Waals surface area contributed by atoms with Crippen molar-refractivity contribution in [2.45, 2.75) is 19.0 Å². The van der Waals surface area contributed by atoms with Gasteiger partial charge in [-0.2, -0.15) is 0 Å². The lowest BCUT2D eigenvalue weighted by Crippen LogP contribution is -2.41. The van der Waals surface area contributed by atoms with Gasteiger partial charge >= 0.3 is 5.97 Å². The molecule has 0 saturated heterocycles. The highest BCUT2D eigenvalue weighted by Crippen LogP contribution is 2.15. The SMILES string of the molecule is CC(NCC(N)C(=O)O)c1ccccc1F. The number of rotatable bonds is 5. The number of aliphatic carboxylic acids is 1. The van der Waals surface area contributed by atoms with Gasteiger partial charge in [-0.05, 0) is 13.0 Å². The van der Waals surface area contributed by atoms with E-state index in [1.54, 1.807) is 25.1 Å². The Balaban J connectivity index is 2.56. The van der Waals surface area contributed by atoms with Gasteiger partial charge in [0.2, 0.25) is 0 Å². The number of halogens is 1. The summed E-state index contributed by atoms with van der Waals surface area (Å²) in [5, 5.41) is 11.5. The number of carboxylic acids is 1. The molecule has 0 aliphatic carbocycles. The van der Waals surface area contributed by atoms with Gasteiger partial charge in [0.15, 0.2) is 0 Å². The molecule has 1 rings (SSSR count). The second-order valence-corrected chi connectivity index (χ2v) is 3.60. The van der Waals surface area contributed by atoms with E-state index in [0.29, 0.717) is 5.56 Å². The Bertz CT molecular complexity index is 371. The van der Waals surface area contributed by atoms with Gasteiger partial charge < -0.3 is 16.2 Å². The first-order chi connectivity index (χ1) is 7.52. The van der Waals surface area contributed by atoms with E-state index in [1.165, 1.54) is 6.07 Å². The molecule has 4 nitrogen and oxygen atoms in total. The monoisotopic (exact) mass is 226 g/mol. The van der Waals surface area contributed by atoms with Gasteiger partial charge in [0.25, 0.3) is 0 Å². The molecule has 88 valence electrons. The zero-order chi connectivity index (χ0) is 12.1. The number of nitrogens with two attached hydrogens (primary N) is 1. The first-order valence-corrected chi connectivity index (χ1v) is 4.98. The molecule has 1 aromatic carbocycles. The van der Waals surface area contributed by atoms with Crippen LogP contribution in [-0.4, -0.2) is 23.7 Å². The summed E-state index contributed by atoms with van der Waals surface area (Å²) in [6.45, 7) is 1.86. The molecule has 0 bridgehead atoms. The third kappa shape index (κ3) is 3.29. The molecule has 0 aliphatic heterocycles. The number of carboxylic acid groups (broad SMARTS) is 1. The lowest BCUT2D eigenvalue weighted by atomic mass is 10.1. The minimum atomic E-state index is -1.08. The summed E-state index contributed by atoms with van der Waals surface area (Å²) >= 11 is 0. The van der Waals surface area contributed by atoms with Crippen LogP contribution in [0.2, 0.25) is 0 Å². The standard InChI is InChI=1S/C11H15FN2O2/c1-7(14-6-10(13)11(15)16)8-4-2-3-5-9(8)12/h2-5,7,10,14H,6,13H2,1H3,(H,15,16). The van der Waals surface area contributed by atoms with Crippen molar-refractivity contribution >= 4 is 5.97 Å². The fourth-order valence-corrected chi connectivity index (χ4v) is 1.33. The number of carbonyl (C=O) groups is 1. The van der Waals surface area contributed by atoms with E-state index in [4.69, 9.17) is 10.8 Å². The second-order valence-electron chi connectivity index (χ2n) is 3.60. The van der Waals surface area contributed by atoms with Crippen molar-refractivity contribution in [2.75, 3.05) is 6.54 Å². The molecule has 2 unspecified atom stereocenters. The highest BCUT2D eigenvalue weighted by atomic mass is 19.1. The maximum Gasteiger partial charge on any atom is 0.321 e. The Morgan fingerprint density at radius 2 is 2.19 bits per heavy atom. The summed E-state index contributed by atoms with van der Waals surface area (Å²) < 4.78 is 13.3. The van der Waals surface area contributed by atoms with Gasteiger partial charge in [0, 0.05) is 18.2 Å². The average Bonchev–Trinajstić information content (AvgIpc) is 2.25. The van der Waals surface area contributed by atoms with Crippen molar-refractivity contribution in [3.8, 4) is 0 Å². The first-order valence-electron chi connectivity index (χ1n) is 4.98. The molecular weight excluding hydrogens is 211 g/mol. The van der Waals surface area contributed by atoms with Crippen LogP contribution < -0.4 is 11.1 Å². The van der Waals surface area contributed by atoms with E-state index < -0.39 is 12.0 Å². The highest BCUT2D eigenvalue weighted by Gasteiger charge is 2.14. The Kier molecular flexibility index (Phi) is 4.39. The van der Waals surface area contributed by atoms with E-state index in [0.717, 1.165) is 0 Å². The summed E-state index contributed by atoms with van der Waals surface area (Å²) in [4.78, 5) is 10.5. The number of hydrogen-bond acceptors (Lipinski definition) is 3. The number of hydrogen-bond donors (Lipinski definition) is 3. The smallest absolute Gasteiger partial charge is 0.321 e. The van der Waals surface area contributed by atoms with Crippen LogP contribution in [0.15, 0.2) is 24.3 Å². The lowest BCUT2D eigenvalue weighted by molar-refractivity contribution is -0.138.